The summed E-state index contributed by atoms with van der Waals surface area (Å²) in [5.74, 6) is 0.0430. The number of hydrogen-bond acceptors (Lipinski definition) is 4. The first-order chi connectivity index (χ1) is 10.5. The Morgan fingerprint density at radius 2 is 1.82 bits per heavy atom. The van der Waals surface area contributed by atoms with Gasteiger partial charge in [-0.05, 0) is 49.4 Å². The first-order valence-electron chi connectivity index (χ1n) is 6.55. The van der Waals surface area contributed by atoms with Crippen molar-refractivity contribution in [2.24, 2.45) is 0 Å². The second-order valence-electron chi connectivity index (χ2n) is 4.36. The van der Waals surface area contributed by atoms with Crippen LogP contribution in [0.4, 0.5) is 10.1 Å². The van der Waals surface area contributed by atoms with Gasteiger partial charge in [-0.15, -0.1) is 0 Å². The Hall–Kier alpha value is -2.28. The average Bonchev–Trinajstić information content (AvgIpc) is 2.49. The van der Waals surface area contributed by atoms with Gasteiger partial charge in [0.05, 0.1) is 13.7 Å². The maximum Gasteiger partial charge on any atom is 0.265 e. The molecule has 0 spiro atoms. The number of hydrogen-bond donors (Lipinski definition) is 1. The summed E-state index contributed by atoms with van der Waals surface area (Å²) in [7, 11) is -2.64. The van der Waals surface area contributed by atoms with Gasteiger partial charge in [0.1, 0.15) is 22.2 Å². The van der Waals surface area contributed by atoms with E-state index in [0.717, 1.165) is 12.1 Å². The maximum atomic E-state index is 13.3. The Morgan fingerprint density at radius 1 is 1.14 bits per heavy atom. The molecular formula is C15H16FNO4S. The third-order valence-corrected chi connectivity index (χ3v) is 4.24. The van der Waals surface area contributed by atoms with Crippen molar-refractivity contribution in [3.8, 4) is 11.5 Å². The van der Waals surface area contributed by atoms with E-state index in [9.17, 15) is 12.8 Å². The number of ether oxygens (including phenoxy) is 2. The van der Waals surface area contributed by atoms with E-state index in [-0.39, 0.29) is 10.6 Å². The van der Waals surface area contributed by atoms with Crippen molar-refractivity contribution >= 4 is 15.7 Å². The quantitative estimate of drug-likeness (QED) is 0.886. The first-order valence-corrected chi connectivity index (χ1v) is 8.04. The van der Waals surface area contributed by atoms with Gasteiger partial charge in [0.25, 0.3) is 10.0 Å². The van der Waals surface area contributed by atoms with Crippen LogP contribution < -0.4 is 14.2 Å². The van der Waals surface area contributed by atoms with E-state index in [1.165, 1.54) is 13.2 Å². The topological polar surface area (TPSA) is 64.6 Å². The molecule has 5 nitrogen and oxygen atoms in total. The van der Waals surface area contributed by atoms with Gasteiger partial charge >= 0.3 is 0 Å². The van der Waals surface area contributed by atoms with Gasteiger partial charge in [0, 0.05) is 5.69 Å². The van der Waals surface area contributed by atoms with Crippen LogP contribution in [0.2, 0.25) is 0 Å². The van der Waals surface area contributed by atoms with Crippen molar-refractivity contribution in [3.63, 3.8) is 0 Å². The molecule has 0 atom stereocenters. The van der Waals surface area contributed by atoms with Gasteiger partial charge in [-0.2, -0.15) is 0 Å². The van der Waals surface area contributed by atoms with Crippen LogP contribution in [0.1, 0.15) is 6.92 Å². The van der Waals surface area contributed by atoms with Crippen molar-refractivity contribution < 1.29 is 22.3 Å². The van der Waals surface area contributed by atoms with Gasteiger partial charge in [-0.3, -0.25) is 4.72 Å². The molecule has 7 heteroatoms. The van der Waals surface area contributed by atoms with Crippen molar-refractivity contribution in [1.82, 2.24) is 0 Å². The summed E-state index contributed by atoms with van der Waals surface area (Å²) in [6, 6.07) is 9.73. The SMILES string of the molecule is CCOc1ccc(NS(=O)(=O)c2cc(F)ccc2OC)cc1. The number of sulfonamides is 1. The Kier molecular flexibility index (Phi) is 4.87. The highest BCUT2D eigenvalue weighted by Gasteiger charge is 2.20. The van der Waals surface area contributed by atoms with Crippen LogP contribution in [0.5, 0.6) is 11.5 Å². The number of nitrogens with one attached hydrogen (secondary N) is 1. The van der Waals surface area contributed by atoms with Gasteiger partial charge in [0.15, 0.2) is 0 Å². The molecule has 0 saturated carbocycles. The fourth-order valence-corrected chi connectivity index (χ4v) is 3.10. The largest absolute Gasteiger partial charge is 0.495 e. The normalized spacial score (nSPS) is 11.0. The molecule has 0 bridgehead atoms. The van der Waals surface area contributed by atoms with Crippen LogP contribution in [-0.2, 0) is 10.0 Å². The third kappa shape index (κ3) is 3.67. The molecule has 0 aromatic heterocycles. The molecule has 0 aliphatic carbocycles. The molecule has 0 heterocycles. The van der Waals surface area contributed by atoms with E-state index in [1.54, 1.807) is 24.3 Å². The zero-order valence-corrected chi connectivity index (χ0v) is 13.0. The van der Waals surface area contributed by atoms with Crippen LogP contribution in [0.15, 0.2) is 47.4 Å². The first kappa shape index (κ1) is 16.1. The lowest BCUT2D eigenvalue weighted by Crippen LogP contribution is -2.14. The van der Waals surface area contributed by atoms with Gasteiger partial charge < -0.3 is 9.47 Å². The molecule has 2 rings (SSSR count). The second kappa shape index (κ2) is 6.65. The minimum atomic E-state index is -3.96. The summed E-state index contributed by atoms with van der Waals surface area (Å²) in [4.78, 5) is -0.260. The van der Waals surface area contributed by atoms with Gasteiger partial charge in [-0.1, -0.05) is 0 Å². The maximum absolute atomic E-state index is 13.3. The Morgan fingerprint density at radius 3 is 2.41 bits per heavy atom. The summed E-state index contributed by atoms with van der Waals surface area (Å²) < 4.78 is 50.7. The molecule has 1 N–H and O–H groups in total. The van der Waals surface area contributed by atoms with Crippen LogP contribution >= 0.6 is 0 Å². The zero-order valence-electron chi connectivity index (χ0n) is 12.2. The van der Waals surface area contributed by atoms with E-state index < -0.39 is 15.8 Å². The van der Waals surface area contributed by atoms with Crippen molar-refractivity contribution in [2.45, 2.75) is 11.8 Å². The predicted molar refractivity (Wildman–Crippen MR) is 81.4 cm³/mol. The van der Waals surface area contributed by atoms with Crippen LogP contribution in [-0.4, -0.2) is 22.1 Å². The highest BCUT2D eigenvalue weighted by atomic mass is 32.2. The number of benzene rings is 2. The van der Waals surface area contributed by atoms with Crippen LogP contribution in [0, 0.1) is 5.82 Å². The third-order valence-electron chi connectivity index (χ3n) is 2.83. The number of methoxy groups -OCH3 is 1. The molecule has 0 fully saturated rings. The lowest BCUT2D eigenvalue weighted by atomic mass is 10.3. The smallest absolute Gasteiger partial charge is 0.265 e. The highest BCUT2D eigenvalue weighted by molar-refractivity contribution is 7.92. The fourth-order valence-electron chi connectivity index (χ4n) is 1.86. The predicted octanol–water partition coefficient (Wildman–Crippen LogP) is 3.03. The Balaban J connectivity index is 2.29. The summed E-state index contributed by atoms with van der Waals surface area (Å²) in [6.45, 7) is 2.37. The molecule has 22 heavy (non-hydrogen) atoms. The van der Waals surface area contributed by atoms with Crippen molar-refractivity contribution in [3.05, 3.63) is 48.3 Å². The minimum Gasteiger partial charge on any atom is -0.495 e. The van der Waals surface area contributed by atoms with Crippen molar-refractivity contribution in [1.29, 1.82) is 0 Å². The summed E-state index contributed by atoms with van der Waals surface area (Å²) in [5, 5.41) is 0. The van der Waals surface area contributed by atoms with E-state index in [4.69, 9.17) is 9.47 Å². The minimum absolute atomic E-state index is 0.0693. The molecule has 0 saturated heterocycles. The summed E-state index contributed by atoms with van der Waals surface area (Å²) in [6.07, 6.45) is 0. The molecule has 0 amide bonds. The standard InChI is InChI=1S/C15H16FNO4S/c1-3-21-13-7-5-12(6-8-13)17-22(18,19)15-10-11(16)4-9-14(15)20-2/h4-10,17H,3H2,1-2H3. The molecule has 0 radical (unpaired) electrons. The zero-order chi connectivity index (χ0) is 16.2. The summed E-state index contributed by atoms with van der Waals surface area (Å²) in [5.41, 5.74) is 0.342. The van der Waals surface area contributed by atoms with Gasteiger partial charge in [0.2, 0.25) is 0 Å². The van der Waals surface area contributed by atoms with E-state index in [0.29, 0.717) is 18.0 Å². The highest BCUT2D eigenvalue weighted by Crippen LogP contribution is 2.27. The van der Waals surface area contributed by atoms with Gasteiger partial charge in [-0.25, -0.2) is 12.8 Å². The number of halogens is 1. The molecule has 2 aromatic rings. The molecule has 0 aliphatic rings. The average molecular weight is 325 g/mol. The lowest BCUT2D eigenvalue weighted by molar-refractivity contribution is 0.340. The monoisotopic (exact) mass is 325 g/mol. The molecule has 0 aliphatic heterocycles. The Bertz CT molecular complexity index is 745. The number of rotatable bonds is 6. The lowest BCUT2D eigenvalue weighted by Gasteiger charge is -2.12. The fraction of sp³-hybridized carbons (Fsp3) is 0.200. The van der Waals surface area contributed by atoms with Crippen LogP contribution in [0.3, 0.4) is 0 Å². The van der Waals surface area contributed by atoms with E-state index >= 15 is 0 Å². The van der Waals surface area contributed by atoms with E-state index in [1.807, 2.05) is 6.92 Å². The van der Waals surface area contributed by atoms with E-state index in [2.05, 4.69) is 4.72 Å². The van der Waals surface area contributed by atoms with Crippen LogP contribution in [0.25, 0.3) is 0 Å². The molecular weight excluding hydrogens is 309 g/mol. The Labute approximate surface area is 128 Å². The summed E-state index contributed by atoms with van der Waals surface area (Å²) >= 11 is 0. The molecule has 0 unspecified atom stereocenters. The molecule has 2 aromatic carbocycles. The van der Waals surface area contributed by atoms with Crippen molar-refractivity contribution in [2.75, 3.05) is 18.4 Å². The number of anilines is 1. The second-order valence-corrected chi connectivity index (χ2v) is 6.01. The molecule has 118 valence electrons.